The molecule has 0 unspecified atom stereocenters. The van der Waals surface area contributed by atoms with Crippen LogP contribution in [0.5, 0.6) is 0 Å². The third kappa shape index (κ3) is 2.96. The van der Waals surface area contributed by atoms with Crippen molar-refractivity contribution in [2.45, 2.75) is 39.5 Å². The van der Waals surface area contributed by atoms with E-state index in [4.69, 9.17) is 4.98 Å². The van der Waals surface area contributed by atoms with Crippen LogP contribution in [0.25, 0.3) is 38.2 Å². The number of para-hydroxylation sites is 3. The van der Waals surface area contributed by atoms with Crippen molar-refractivity contribution in [2.75, 3.05) is 0 Å². The van der Waals surface area contributed by atoms with Crippen LogP contribution >= 0.6 is 11.3 Å². The third-order valence-corrected chi connectivity index (χ3v) is 6.81. The molecule has 3 aromatic carbocycles. The average molecular weight is 411 g/mol. The summed E-state index contributed by atoms with van der Waals surface area (Å²) < 4.78 is 3.71. The summed E-state index contributed by atoms with van der Waals surface area (Å²) in [4.78, 5) is 5.15. The van der Waals surface area contributed by atoms with E-state index in [9.17, 15) is 0 Å². The molecule has 0 spiro atoms. The number of thiophene rings is 1. The Bertz CT molecular complexity index is 1330. The Morgan fingerprint density at radius 2 is 1.43 bits per heavy atom. The highest BCUT2D eigenvalue weighted by atomic mass is 32.1. The van der Waals surface area contributed by atoms with Gasteiger partial charge >= 0.3 is 0 Å². The minimum Gasteiger partial charge on any atom is -0.292 e. The highest BCUT2D eigenvalue weighted by Crippen LogP contribution is 2.40. The molecule has 5 rings (SSSR count). The zero-order valence-electron chi connectivity index (χ0n) is 17.9. The Morgan fingerprint density at radius 1 is 0.767 bits per heavy atom. The molecule has 0 N–H and O–H groups in total. The lowest BCUT2D eigenvalue weighted by molar-refractivity contribution is 0.811. The summed E-state index contributed by atoms with van der Waals surface area (Å²) in [5.74, 6) is 1.88. The SMILES string of the molecule is CC(C)c1cccc(C(C)C)c1-n1c(-c2csc3ccccc23)nc2ccccc21. The number of fused-ring (bicyclic) bond motifs is 2. The van der Waals surface area contributed by atoms with E-state index in [-0.39, 0.29) is 0 Å². The molecule has 2 nitrogen and oxygen atoms in total. The summed E-state index contributed by atoms with van der Waals surface area (Å²) in [7, 11) is 0. The molecule has 0 aliphatic heterocycles. The third-order valence-electron chi connectivity index (χ3n) is 5.85. The topological polar surface area (TPSA) is 17.8 Å². The standard InChI is InChI=1S/C27H26N2S/c1-17(2)19-11-9-12-20(18(3)4)26(19)29-24-14-7-6-13-23(24)28-27(29)22-16-30-25-15-8-5-10-21(22)25/h5-18H,1-4H3. The van der Waals surface area contributed by atoms with Crippen molar-refractivity contribution in [1.29, 1.82) is 0 Å². The zero-order valence-corrected chi connectivity index (χ0v) is 18.7. The second-order valence-corrected chi connectivity index (χ2v) is 9.41. The van der Waals surface area contributed by atoms with Crippen molar-refractivity contribution in [1.82, 2.24) is 9.55 Å². The average Bonchev–Trinajstić information content (AvgIpc) is 3.34. The molecule has 150 valence electrons. The van der Waals surface area contributed by atoms with Crippen LogP contribution in [0.3, 0.4) is 0 Å². The molecule has 0 bridgehead atoms. The van der Waals surface area contributed by atoms with Gasteiger partial charge in [0.2, 0.25) is 0 Å². The molecule has 2 heterocycles. The van der Waals surface area contributed by atoms with Gasteiger partial charge in [-0.15, -0.1) is 11.3 Å². The number of aromatic nitrogens is 2. The second-order valence-electron chi connectivity index (χ2n) is 8.50. The number of benzene rings is 3. The van der Waals surface area contributed by atoms with Gasteiger partial charge in [-0.2, -0.15) is 0 Å². The Morgan fingerprint density at radius 3 is 2.17 bits per heavy atom. The molecule has 0 saturated heterocycles. The van der Waals surface area contributed by atoms with Gasteiger partial charge in [0.05, 0.1) is 16.7 Å². The molecule has 2 aromatic heterocycles. The number of hydrogen-bond acceptors (Lipinski definition) is 2. The quantitative estimate of drug-likeness (QED) is 0.292. The van der Waals surface area contributed by atoms with E-state index in [0.717, 1.165) is 16.9 Å². The van der Waals surface area contributed by atoms with Gasteiger partial charge in [0.15, 0.2) is 0 Å². The minimum absolute atomic E-state index is 0.423. The van der Waals surface area contributed by atoms with Crippen molar-refractivity contribution < 1.29 is 0 Å². The first-order valence-corrected chi connectivity index (χ1v) is 11.5. The fourth-order valence-electron chi connectivity index (χ4n) is 4.35. The predicted octanol–water partition coefficient (Wildman–Crippen LogP) is 8.15. The second kappa shape index (κ2) is 7.41. The van der Waals surface area contributed by atoms with E-state index >= 15 is 0 Å². The van der Waals surface area contributed by atoms with E-state index in [1.807, 2.05) is 0 Å². The number of imidazole rings is 1. The molecule has 0 atom stereocenters. The molecular weight excluding hydrogens is 384 g/mol. The first-order valence-electron chi connectivity index (χ1n) is 10.6. The monoisotopic (exact) mass is 410 g/mol. The molecular formula is C27H26N2S. The van der Waals surface area contributed by atoms with E-state index < -0.39 is 0 Å². The van der Waals surface area contributed by atoms with Crippen LogP contribution < -0.4 is 0 Å². The molecule has 0 fully saturated rings. The summed E-state index contributed by atoms with van der Waals surface area (Å²) in [5, 5.41) is 3.53. The fourth-order valence-corrected chi connectivity index (χ4v) is 5.29. The number of rotatable bonds is 4. The normalized spacial score (nSPS) is 11.9. The smallest absolute Gasteiger partial charge is 0.147 e. The van der Waals surface area contributed by atoms with Crippen molar-refractivity contribution >= 4 is 32.5 Å². The van der Waals surface area contributed by atoms with E-state index in [1.54, 1.807) is 11.3 Å². The van der Waals surface area contributed by atoms with Crippen LogP contribution in [0.2, 0.25) is 0 Å². The van der Waals surface area contributed by atoms with Crippen LogP contribution in [0.4, 0.5) is 0 Å². The van der Waals surface area contributed by atoms with Gasteiger partial charge in [-0.05, 0) is 41.2 Å². The van der Waals surface area contributed by atoms with Gasteiger partial charge < -0.3 is 0 Å². The Balaban J connectivity index is 1.93. The molecule has 0 aliphatic carbocycles. The van der Waals surface area contributed by atoms with Crippen LogP contribution in [-0.4, -0.2) is 9.55 Å². The van der Waals surface area contributed by atoms with Gasteiger partial charge in [0.1, 0.15) is 5.82 Å². The molecule has 0 amide bonds. The van der Waals surface area contributed by atoms with Crippen molar-refractivity contribution in [3.05, 3.63) is 83.2 Å². The van der Waals surface area contributed by atoms with Crippen molar-refractivity contribution in [3.63, 3.8) is 0 Å². The maximum absolute atomic E-state index is 5.15. The maximum atomic E-state index is 5.15. The fraction of sp³-hybridized carbons (Fsp3) is 0.222. The van der Waals surface area contributed by atoms with Gasteiger partial charge in [0.25, 0.3) is 0 Å². The molecule has 0 saturated carbocycles. The zero-order chi connectivity index (χ0) is 20.8. The highest BCUT2D eigenvalue weighted by Gasteiger charge is 2.23. The predicted molar refractivity (Wildman–Crippen MR) is 130 cm³/mol. The Labute approximate surface area is 181 Å². The summed E-state index contributed by atoms with van der Waals surface area (Å²) in [6.07, 6.45) is 0. The van der Waals surface area contributed by atoms with Gasteiger partial charge in [-0.1, -0.05) is 76.2 Å². The van der Waals surface area contributed by atoms with Gasteiger partial charge in [-0.25, -0.2) is 4.98 Å². The first kappa shape index (κ1) is 19.1. The van der Waals surface area contributed by atoms with Gasteiger partial charge in [0, 0.05) is 21.0 Å². The molecule has 0 aliphatic rings. The molecule has 30 heavy (non-hydrogen) atoms. The lowest BCUT2D eigenvalue weighted by atomic mass is 9.92. The van der Waals surface area contributed by atoms with Crippen LogP contribution in [0.15, 0.2) is 72.1 Å². The van der Waals surface area contributed by atoms with Crippen LogP contribution in [0.1, 0.15) is 50.7 Å². The Kier molecular flexibility index (Phi) is 4.71. The van der Waals surface area contributed by atoms with Crippen molar-refractivity contribution in [2.24, 2.45) is 0 Å². The maximum Gasteiger partial charge on any atom is 0.147 e. The van der Waals surface area contributed by atoms with E-state index in [2.05, 4.69) is 104 Å². The Hall–Kier alpha value is -2.91. The van der Waals surface area contributed by atoms with Crippen molar-refractivity contribution in [3.8, 4) is 17.1 Å². The van der Waals surface area contributed by atoms with E-state index in [0.29, 0.717) is 11.8 Å². The lowest BCUT2D eigenvalue weighted by Gasteiger charge is -2.22. The number of hydrogen-bond donors (Lipinski definition) is 0. The summed E-state index contributed by atoms with van der Waals surface area (Å²) in [6, 6.07) is 23.9. The summed E-state index contributed by atoms with van der Waals surface area (Å²) in [5.41, 5.74) is 7.44. The van der Waals surface area contributed by atoms with Crippen LogP contribution in [-0.2, 0) is 0 Å². The summed E-state index contributed by atoms with van der Waals surface area (Å²) >= 11 is 1.79. The van der Waals surface area contributed by atoms with Crippen LogP contribution in [0, 0.1) is 0 Å². The minimum atomic E-state index is 0.423. The first-order chi connectivity index (χ1) is 14.6. The lowest BCUT2D eigenvalue weighted by Crippen LogP contribution is -2.08. The molecule has 0 radical (unpaired) electrons. The van der Waals surface area contributed by atoms with Gasteiger partial charge in [-0.3, -0.25) is 4.57 Å². The highest BCUT2D eigenvalue weighted by molar-refractivity contribution is 7.17. The van der Waals surface area contributed by atoms with E-state index in [1.165, 1.54) is 32.5 Å². The largest absolute Gasteiger partial charge is 0.292 e. The summed E-state index contributed by atoms with van der Waals surface area (Å²) in [6.45, 7) is 9.12. The molecule has 3 heteroatoms. The number of nitrogens with zero attached hydrogens (tertiary/aromatic N) is 2. The molecule has 5 aromatic rings.